The van der Waals surface area contributed by atoms with Crippen molar-refractivity contribution in [2.45, 2.75) is 45.1 Å². The smallest absolute Gasteiger partial charge is 0.317 e. The van der Waals surface area contributed by atoms with E-state index in [-0.39, 0.29) is 29.1 Å². The highest BCUT2D eigenvalue weighted by Gasteiger charge is 2.55. The first-order valence-corrected chi connectivity index (χ1v) is 14.3. The molecule has 0 spiro atoms. The fraction of sp³-hybridized carbons (Fsp3) is 0.414. The normalized spacial score (nSPS) is 29.3. The minimum absolute atomic E-state index is 0.133. The maximum absolute atomic E-state index is 13.4. The molecule has 6 nitrogen and oxygen atoms in total. The van der Waals surface area contributed by atoms with E-state index in [1.54, 1.807) is 24.3 Å². The molecular formula is C29H28BrNO5S. The van der Waals surface area contributed by atoms with Crippen LogP contribution in [0.3, 0.4) is 0 Å². The van der Waals surface area contributed by atoms with Crippen LogP contribution in [0, 0.1) is 23.2 Å². The number of ether oxygens (including phenoxy) is 2. The lowest BCUT2D eigenvalue weighted by atomic mass is 9.49. The number of hydrogen-bond acceptors (Lipinski definition) is 6. The summed E-state index contributed by atoms with van der Waals surface area (Å²) in [5.41, 5.74) is 1.20. The van der Waals surface area contributed by atoms with Crippen LogP contribution in [-0.4, -0.2) is 29.1 Å². The van der Waals surface area contributed by atoms with Gasteiger partial charge in [0.15, 0.2) is 11.5 Å². The predicted molar refractivity (Wildman–Crippen MR) is 145 cm³/mol. The topological polar surface area (TPSA) is 72.9 Å². The number of thioether (sulfide) groups is 1. The molecule has 1 heterocycles. The number of carbonyl (C=O) groups is 3. The van der Waals surface area contributed by atoms with Crippen molar-refractivity contribution < 1.29 is 23.9 Å². The first-order chi connectivity index (χ1) is 17.8. The van der Waals surface area contributed by atoms with Crippen molar-refractivity contribution in [1.82, 2.24) is 4.90 Å². The lowest BCUT2D eigenvalue weighted by Crippen LogP contribution is -2.51. The largest absolute Gasteiger partial charge is 0.493 e. The summed E-state index contributed by atoms with van der Waals surface area (Å²) in [5.74, 6) is 2.33. The third-order valence-electron chi connectivity index (χ3n) is 8.26. The molecule has 8 heteroatoms. The van der Waals surface area contributed by atoms with Gasteiger partial charge in [0, 0.05) is 4.47 Å². The molecule has 192 valence electrons. The Morgan fingerprint density at radius 3 is 2.41 bits per heavy atom. The Morgan fingerprint density at radius 2 is 1.76 bits per heavy atom. The Kier molecular flexibility index (Phi) is 6.43. The third kappa shape index (κ3) is 4.74. The van der Waals surface area contributed by atoms with E-state index in [9.17, 15) is 14.4 Å². The Labute approximate surface area is 228 Å². The lowest BCUT2D eigenvalue weighted by Gasteiger charge is -2.55. The molecule has 1 saturated heterocycles. The molecule has 5 fully saturated rings. The van der Waals surface area contributed by atoms with Crippen LogP contribution < -0.4 is 9.47 Å². The van der Waals surface area contributed by atoms with Crippen molar-refractivity contribution in [2.24, 2.45) is 23.2 Å². The van der Waals surface area contributed by atoms with E-state index in [1.807, 2.05) is 24.3 Å². The number of esters is 1. The second kappa shape index (κ2) is 9.62. The summed E-state index contributed by atoms with van der Waals surface area (Å²) in [4.78, 5) is 40.6. The molecule has 2 amide bonds. The predicted octanol–water partition coefficient (Wildman–Crippen LogP) is 6.82. The molecule has 0 aromatic heterocycles. The number of hydrogen-bond donors (Lipinski definition) is 0. The monoisotopic (exact) mass is 581 g/mol. The number of halogens is 1. The van der Waals surface area contributed by atoms with E-state index in [0.717, 1.165) is 41.1 Å². The van der Waals surface area contributed by atoms with Crippen LogP contribution in [0.2, 0.25) is 0 Å². The van der Waals surface area contributed by atoms with Gasteiger partial charge in [-0.25, -0.2) is 0 Å². The number of imide groups is 1. The van der Waals surface area contributed by atoms with E-state index in [2.05, 4.69) is 15.9 Å². The van der Waals surface area contributed by atoms with Crippen LogP contribution >= 0.6 is 27.7 Å². The van der Waals surface area contributed by atoms with Gasteiger partial charge < -0.3 is 9.47 Å². The van der Waals surface area contributed by atoms with Crippen LogP contribution in [0.4, 0.5) is 4.79 Å². The number of carbonyl (C=O) groups excluding carboxylic acids is 3. The van der Waals surface area contributed by atoms with E-state index < -0.39 is 0 Å². The molecule has 4 saturated carbocycles. The van der Waals surface area contributed by atoms with Gasteiger partial charge in [-0.1, -0.05) is 34.1 Å². The van der Waals surface area contributed by atoms with Gasteiger partial charge in [-0.15, -0.1) is 0 Å². The second-order valence-corrected chi connectivity index (χ2v) is 12.8. The molecule has 4 bridgehead atoms. The van der Waals surface area contributed by atoms with Crippen LogP contribution in [0.5, 0.6) is 11.5 Å². The van der Waals surface area contributed by atoms with Gasteiger partial charge >= 0.3 is 5.97 Å². The zero-order valence-corrected chi connectivity index (χ0v) is 23.0. The van der Waals surface area contributed by atoms with Gasteiger partial charge in [-0.3, -0.25) is 19.3 Å². The van der Waals surface area contributed by atoms with E-state index in [1.165, 1.54) is 31.3 Å². The minimum atomic E-state index is -0.356. The summed E-state index contributed by atoms with van der Waals surface area (Å²) in [6.07, 6.45) is 8.28. The fourth-order valence-corrected chi connectivity index (χ4v) is 8.32. The molecule has 2 aromatic rings. The maximum atomic E-state index is 13.4. The van der Waals surface area contributed by atoms with Crippen LogP contribution in [-0.2, 0) is 16.1 Å². The van der Waals surface area contributed by atoms with E-state index >= 15 is 0 Å². The molecule has 0 radical (unpaired) electrons. The summed E-state index contributed by atoms with van der Waals surface area (Å²) in [6, 6.07) is 12.8. The lowest BCUT2D eigenvalue weighted by molar-refractivity contribution is -0.161. The highest BCUT2D eigenvalue weighted by Crippen LogP contribution is 2.60. The zero-order valence-electron chi connectivity index (χ0n) is 20.6. The van der Waals surface area contributed by atoms with Crippen molar-refractivity contribution in [3.8, 4) is 11.5 Å². The van der Waals surface area contributed by atoms with E-state index in [0.29, 0.717) is 39.7 Å². The van der Waals surface area contributed by atoms with Gasteiger partial charge in [0.1, 0.15) is 0 Å². The highest BCUT2D eigenvalue weighted by molar-refractivity contribution is 9.10. The highest BCUT2D eigenvalue weighted by atomic mass is 79.9. The molecule has 7 rings (SSSR count). The number of amides is 2. The number of benzene rings is 2. The minimum Gasteiger partial charge on any atom is -0.493 e. The molecule has 2 aromatic carbocycles. The maximum Gasteiger partial charge on any atom is 0.317 e. The number of rotatable bonds is 6. The first kappa shape index (κ1) is 24.7. The average molecular weight is 583 g/mol. The van der Waals surface area contributed by atoms with Gasteiger partial charge in [0.05, 0.1) is 24.0 Å². The molecule has 5 aliphatic rings. The SMILES string of the molecule is COc1cc(/C=C2\SC(=O)N(Cc3cccc(Br)c3)C2=O)ccc1OC(=O)C12CC3CC(CC(C3)C1)C2. The Morgan fingerprint density at radius 1 is 1.05 bits per heavy atom. The summed E-state index contributed by atoms with van der Waals surface area (Å²) < 4.78 is 12.4. The molecule has 37 heavy (non-hydrogen) atoms. The van der Waals surface area contributed by atoms with Crippen LogP contribution in [0.25, 0.3) is 6.08 Å². The van der Waals surface area contributed by atoms with Gasteiger partial charge in [-0.05, 0) is 110 Å². The summed E-state index contributed by atoms with van der Waals surface area (Å²) in [6.45, 7) is 0.212. The molecule has 0 unspecified atom stereocenters. The summed E-state index contributed by atoms with van der Waals surface area (Å²) in [7, 11) is 1.53. The second-order valence-electron chi connectivity index (χ2n) is 10.9. The molecule has 0 N–H and O–H groups in total. The van der Waals surface area contributed by atoms with Gasteiger partial charge in [0.25, 0.3) is 11.1 Å². The standard InChI is InChI=1S/C29H28BrNO5S/c1-35-24-11-17(12-25-26(32)31(28(34)37-25)16-18-3-2-4-22(30)10-18)5-6-23(24)36-27(33)29-13-19-7-20(14-29)9-21(8-19)15-29/h2-6,10-12,19-21H,7-9,13-16H2,1H3/b25-12-. The fourth-order valence-electron chi connectivity index (χ4n) is 7.03. The van der Waals surface area contributed by atoms with Crippen LogP contribution in [0.15, 0.2) is 51.8 Å². The van der Waals surface area contributed by atoms with Gasteiger partial charge in [-0.2, -0.15) is 0 Å². The molecule has 0 atom stereocenters. The third-order valence-corrected chi connectivity index (χ3v) is 9.66. The van der Waals surface area contributed by atoms with E-state index in [4.69, 9.17) is 9.47 Å². The Hall–Kier alpha value is -2.58. The zero-order chi connectivity index (χ0) is 25.7. The summed E-state index contributed by atoms with van der Waals surface area (Å²) in [5, 5.41) is -0.302. The molecule has 4 aliphatic carbocycles. The van der Waals surface area contributed by atoms with Gasteiger partial charge in [0.2, 0.25) is 0 Å². The molecule has 1 aliphatic heterocycles. The average Bonchev–Trinajstić information content (AvgIpc) is 3.11. The summed E-state index contributed by atoms with van der Waals surface area (Å²) >= 11 is 4.34. The quantitative estimate of drug-likeness (QED) is 0.212. The number of nitrogens with zero attached hydrogens (tertiary/aromatic N) is 1. The molecular weight excluding hydrogens is 554 g/mol. The van der Waals surface area contributed by atoms with Crippen molar-refractivity contribution in [2.75, 3.05) is 7.11 Å². The van der Waals surface area contributed by atoms with Crippen molar-refractivity contribution in [3.05, 3.63) is 63.0 Å². The van der Waals surface area contributed by atoms with Crippen molar-refractivity contribution in [3.63, 3.8) is 0 Å². The number of methoxy groups -OCH3 is 1. The Balaban J connectivity index is 1.18. The van der Waals surface area contributed by atoms with Crippen molar-refractivity contribution >= 4 is 50.9 Å². The Bertz CT molecular complexity index is 1290. The first-order valence-electron chi connectivity index (χ1n) is 12.7. The van der Waals surface area contributed by atoms with Crippen molar-refractivity contribution in [1.29, 1.82) is 0 Å². The van der Waals surface area contributed by atoms with Crippen LogP contribution in [0.1, 0.15) is 49.7 Å².